The van der Waals surface area contributed by atoms with Crippen molar-refractivity contribution in [2.75, 3.05) is 31.1 Å². The molecular formula is C23H24N4O3. The Labute approximate surface area is 174 Å². The van der Waals surface area contributed by atoms with Crippen molar-refractivity contribution in [3.63, 3.8) is 0 Å². The first kappa shape index (κ1) is 18.7. The van der Waals surface area contributed by atoms with Gasteiger partial charge in [0, 0.05) is 19.5 Å². The van der Waals surface area contributed by atoms with Crippen molar-refractivity contribution >= 4 is 28.5 Å². The van der Waals surface area contributed by atoms with E-state index in [2.05, 4.69) is 9.97 Å². The third-order valence-corrected chi connectivity index (χ3v) is 5.99. The van der Waals surface area contributed by atoms with Gasteiger partial charge in [0.05, 0.1) is 16.7 Å². The van der Waals surface area contributed by atoms with Crippen molar-refractivity contribution in [3.05, 3.63) is 54.4 Å². The maximum absolute atomic E-state index is 12.9. The van der Waals surface area contributed by atoms with Gasteiger partial charge in [-0.2, -0.15) is 0 Å². The first-order chi connectivity index (χ1) is 14.7. The highest BCUT2D eigenvalue weighted by atomic mass is 16.5. The van der Waals surface area contributed by atoms with Gasteiger partial charge in [0.15, 0.2) is 6.61 Å². The molecule has 0 saturated carbocycles. The highest BCUT2D eigenvalue weighted by Crippen LogP contribution is 2.31. The lowest BCUT2D eigenvalue weighted by Crippen LogP contribution is -2.48. The molecule has 2 amide bonds. The average molecular weight is 404 g/mol. The molecule has 3 heterocycles. The average Bonchev–Trinajstić information content (AvgIpc) is 3.18. The van der Waals surface area contributed by atoms with E-state index in [0.29, 0.717) is 30.4 Å². The molecule has 1 N–H and O–H groups in total. The fourth-order valence-corrected chi connectivity index (χ4v) is 4.32. The zero-order valence-electron chi connectivity index (χ0n) is 16.7. The second kappa shape index (κ2) is 7.82. The minimum absolute atomic E-state index is 0.0118. The number of fused-ring (bicyclic) bond motifs is 2. The van der Waals surface area contributed by atoms with Gasteiger partial charge in [0.1, 0.15) is 18.1 Å². The predicted molar refractivity (Wildman–Crippen MR) is 113 cm³/mol. The molecule has 3 aromatic rings. The summed E-state index contributed by atoms with van der Waals surface area (Å²) in [6.07, 6.45) is 2.78. The maximum atomic E-state index is 12.9. The summed E-state index contributed by atoms with van der Waals surface area (Å²) in [5.74, 6) is 1.97. The van der Waals surface area contributed by atoms with Crippen molar-refractivity contribution in [3.8, 4) is 5.75 Å². The quantitative estimate of drug-likeness (QED) is 0.725. The summed E-state index contributed by atoms with van der Waals surface area (Å²) in [5, 5.41) is 0. The number of rotatable bonds is 4. The monoisotopic (exact) mass is 404 g/mol. The zero-order valence-corrected chi connectivity index (χ0v) is 16.7. The Balaban J connectivity index is 1.18. The van der Waals surface area contributed by atoms with Crippen LogP contribution < -0.4 is 9.64 Å². The Bertz CT molecular complexity index is 1050. The van der Waals surface area contributed by atoms with Gasteiger partial charge >= 0.3 is 0 Å². The summed E-state index contributed by atoms with van der Waals surface area (Å²) in [6, 6.07) is 15.4. The molecule has 2 aromatic carbocycles. The van der Waals surface area contributed by atoms with Gasteiger partial charge in [-0.25, -0.2) is 4.98 Å². The van der Waals surface area contributed by atoms with Crippen LogP contribution in [-0.4, -0.2) is 52.9 Å². The van der Waals surface area contributed by atoms with E-state index in [1.165, 1.54) is 0 Å². The number of carbonyl (C=O) groups excluding carboxylic acids is 2. The standard InChI is InChI=1S/C23H24N4O3/c28-22(14-27-19-7-3-4-8-20(19)30-15-23(27)29)26-11-9-16(10-12-26)13-21-24-17-5-1-2-6-18(17)25-21/h1-8,16H,9-15H2,(H,24,25). The smallest absolute Gasteiger partial charge is 0.265 e. The van der Waals surface area contributed by atoms with Crippen LogP contribution in [0.1, 0.15) is 18.7 Å². The zero-order chi connectivity index (χ0) is 20.5. The molecule has 1 saturated heterocycles. The minimum atomic E-state index is -0.179. The second-order valence-corrected chi connectivity index (χ2v) is 7.97. The molecule has 0 bridgehead atoms. The molecule has 2 aliphatic rings. The van der Waals surface area contributed by atoms with Crippen LogP contribution >= 0.6 is 0 Å². The molecule has 2 aliphatic heterocycles. The molecule has 0 spiro atoms. The number of para-hydroxylation sites is 4. The molecule has 0 unspecified atom stereocenters. The Kier molecular flexibility index (Phi) is 4.86. The van der Waals surface area contributed by atoms with E-state index in [4.69, 9.17) is 4.74 Å². The topological polar surface area (TPSA) is 78.5 Å². The number of aromatic amines is 1. The number of nitrogens with zero attached hydrogens (tertiary/aromatic N) is 3. The lowest BCUT2D eigenvalue weighted by atomic mass is 9.93. The molecule has 1 aromatic heterocycles. The lowest BCUT2D eigenvalue weighted by molar-refractivity contribution is -0.133. The van der Waals surface area contributed by atoms with E-state index in [1.54, 1.807) is 4.90 Å². The third-order valence-electron chi connectivity index (χ3n) is 5.99. The van der Waals surface area contributed by atoms with Crippen LogP contribution in [0.2, 0.25) is 0 Å². The van der Waals surface area contributed by atoms with Crippen molar-refractivity contribution in [2.45, 2.75) is 19.3 Å². The van der Waals surface area contributed by atoms with Crippen LogP contribution in [0.25, 0.3) is 11.0 Å². The third kappa shape index (κ3) is 3.63. The molecule has 0 atom stereocenters. The van der Waals surface area contributed by atoms with Crippen LogP contribution in [0.3, 0.4) is 0 Å². The fraction of sp³-hybridized carbons (Fsp3) is 0.348. The molecule has 5 rings (SSSR count). The van der Waals surface area contributed by atoms with E-state index in [0.717, 1.165) is 36.1 Å². The number of hydrogen-bond acceptors (Lipinski definition) is 4. The highest BCUT2D eigenvalue weighted by Gasteiger charge is 2.30. The van der Waals surface area contributed by atoms with Crippen LogP contribution in [-0.2, 0) is 16.0 Å². The number of hydrogen-bond donors (Lipinski definition) is 1. The van der Waals surface area contributed by atoms with Gasteiger partial charge in [0.2, 0.25) is 5.91 Å². The number of imidazole rings is 1. The Hall–Kier alpha value is -3.35. The van der Waals surface area contributed by atoms with Crippen LogP contribution in [0.4, 0.5) is 5.69 Å². The number of benzene rings is 2. The van der Waals surface area contributed by atoms with Crippen LogP contribution in [0, 0.1) is 5.92 Å². The summed E-state index contributed by atoms with van der Waals surface area (Å²) in [7, 11) is 0. The van der Waals surface area contributed by atoms with Gasteiger partial charge in [0.25, 0.3) is 5.91 Å². The lowest BCUT2D eigenvalue weighted by Gasteiger charge is -2.34. The number of anilines is 1. The first-order valence-electron chi connectivity index (χ1n) is 10.4. The van der Waals surface area contributed by atoms with Gasteiger partial charge in [-0.05, 0) is 43.0 Å². The second-order valence-electron chi connectivity index (χ2n) is 7.97. The summed E-state index contributed by atoms with van der Waals surface area (Å²) >= 11 is 0. The number of piperidine rings is 1. The van der Waals surface area contributed by atoms with E-state index in [1.807, 2.05) is 53.4 Å². The van der Waals surface area contributed by atoms with Crippen LogP contribution in [0.15, 0.2) is 48.5 Å². The molecule has 1 fully saturated rings. The fourth-order valence-electron chi connectivity index (χ4n) is 4.32. The summed E-state index contributed by atoms with van der Waals surface area (Å²) < 4.78 is 5.46. The summed E-state index contributed by atoms with van der Waals surface area (Å²) in [6.45, 7) is 1.46. The SMILES string of the molecule is O=C(CN1C(=O)COc2ccccc21)N1CCC(Cc2nc3ccccc3[nH]2)CC1. The Morgan fingerprint density at radius 1 is 1.10 bits per heavy atom. The number of carbonyl (C=O) groups is 2. The van der Waals surface area contributed by atoms with E-state index in [-0.39, 0.29) is 25.0 Å². The molecular weight excluding hydrogens is 380 g/mol. The minimum Gasteiger partial charge on any atom is -0.482 e. The van der Waals surface area contributed by atoms with Crippen molar-refractivity contribution in [1.29, 1.82) is 0 Å². The molecule has 7 heteroatoms. The molecule has 30 heavy (non-hydrogen) atoms. The summed E-state index contributed by atoms with van der Waals surface area (Å²) in [5.41, 5.74) is 2.73. The maximum Gasteiger partial charge on any atom is 0.265 e. The van der Waals surface area contributed by atoms with Gasteiger partial charge < -0.3 is 14.6 Å². The Morgan fingerprint density at radius 2 is 1.87 bits per heavy atom. The largest absolute Gasteiger partial charge is 0.482 e. The van der Waals surface area contributed by atoms with Gasteiger partial charge in [-0.15, -0.1) is 0 Å². The summed E-state index contributed by atoms with van der Waals surface area (Å²) in [4.78, 5) is 36.7. The van der Waals surface area contributed by atoms with E-state index in [9.17, 15) is 9.59 Å². The predicted octanol–water partition coefficient (Wildman–Crippen LogP) is 2.77. The van der Waals surface area contributed by atoms with E-state index >= 15 is 0 Å². The van der Waals surface area contributed by atoms with Crippen molar-refractivity contribution in [2.24, 2.45) is 5.92 Å². The van der Waals surface area contributed by atoms with Crippen LogP contribution in [0.5, 0.6) is 5.75 Å². The van der Waals surface area contributed by atoms with Crippen molar-refractivity contribution < 1.29 is 14.3 Å². The highest BCUT2D eigenvalue weighted by molar-refractivity contribution is 6.02. The number of H-pyrrole nitrogens is 1. The Morgan fingerprint density at radius 3 is 2.70 bits per heavy atom. The molecule has 7 nitrogen and oxygen atoms in total. The molecule has 154 valence electrons. The van der Waals surface area contributed by atoms with Gasteiger partial charge in [-0.1, -0.05) is 24.3 Å². The number of aromatic nitrogens is 2. The molecule has 0 aliphatic carbocycles. The number of nitrogens with one attached hydrogen (secondary N) is 1. The normalized spacial score (nSPS) is 17.1. The number of amides is 2. The van der Waals surface area contributed by atoms with Gasteiger partial charge in [-0.3, -0.25) is 14.5 Å². The van der Waals surface area contributed by atoms with E-state index < -0.39 is 0 Å². The van der Waals surface area contributed by atoms with Crippen molar-refractivity contribution in [1.82, 2.24) is 14.9 Å². The number of likely N-dealkylation sites (tertiary alicyclic amines) is 1. The number of ether oxygens (including phenoxy) is 1. The first-order valence-corrected chi connectivity index (χ1v) is 10.4. The molecule has 0 radical (unpaired) electrons.